The Hall–Kier alpha value is -0.580. The number of carboxylic acids is 1. The van der Waals surface area contributed by atoms with Crippen molar-refractivity contribution >= 4 is 13.8 Å². The van der Waals surface area contributed by atoms with E-state index in [0.29, 0.717) is 6.61 Å². The second kappa shape index (κ2) is 16.9. The molecule has 0 radical (unpaired) electrons. The van der Waals surface area contributed by atoms with Gasteiger partial charge in [0.2, 0.25) is 0 Å². The summed E-state index contributed by atoms with van der Waals surface area (Å²) in [5.74, 6) is -1.44. The summed E-state index contributed by atoms with van der Waals surface area (Å²) < 4.78 is 43.8. The van der Waals surface area contributed by atoms with Crippen LogP contribution in [0.4, 0.5) is 0 Å². The molecule has 10 nitrogen and oxygen atoms in total. The molecule has 2 N–H and O–H groups in total. The van der Waals surface area contributed by atoms with E-state index >= 15 is 0 Å². The van der Waals surface area contributed by atoms with Gasteiger partial charge in [-0.15, -0.1) is 0 Å². The van der Waals surface area contributed by atoms with Crippen LogP contribution in [-0.4, -0.2) is 74.1 Å². The van der Waals surface area contributed by atoms with Gasteiger partial charge in [0.1, 0.15) is 12.2 Å². The quantitative estimate of drug-likeness (QED) is 0.175. The minimum atomic E-state index is -4.23. The van der Waals surface area contributed by atoms with E-state index in [1.165, 1.54) is 20.0 Å². The predicted octanol–water partition coefficient (Wildman–Crippen LogP) is 4.29. The number of phosphoric ester groups is 1. The van der Waals surface area contributed by atoms with Crippen molar-refractivity contribution in [3.05, 3.63) is 0 Å². The van der Waals surface area contributed by atoms with Gasteiger partial charge in [-0.05, 0) is 26.7 Å². The molecule has 0 aliphatic carbocycles. The molecule has 1 saturated heterocycles. The number of rotatable bonds is 21. The first kappa shape index (κ1) is 30.5. The van der Waals surface area contributed by atoms with Crippen LogP contribution in [0.25, 0.3) is 0 Å². The lowest BCUT2D eigenvalue weighted by Crippen LogP contribution is -2.25. The molecule has 1 rings (SSSR count). The number of phosphoric acid groups is 1. The molecule has 1 aliphatic heterocycles. The molecule has 0 bridgehead atoms. The number of carboxylic acid groups (broad SMARTS) is 1. The number of aliphatic carboxylic acids is 1. The van der Waals surface area contributed by atoms with E-state index in [1.807, 2.05) is 0 Å². The summed E-state index contributed by atoms with van der Waals surface area (Å²) in [4.78, 5) is 20.3. The minimum absolute atomic E-state index is 0.101. The van der Waals surface area contributed by atoms with Crippen molar-refractivity contribution in [1.82, 2.24) is 0 Å². The van der Waals surface area contributed by atoms with Crippen LogP contribution in [0.1, 0.15) is 78.1 Å². The molecule has 0 aromatic rings. The van der Waals surface area contributed by atoms with E-state index in [2.05, 4.69) is 0 Å². The van der Waals surface area contributed by atoms with Crippen LogP contribution in [0.15, 0.2) is 0 Å². The van der Waals surface area contributed by atoms with Crippen LogP contribution >= 0.6 is 7.82 Å². The zero-order valence-electron chi connectivity index (χ0n) is 20.4. The average molecular weight is 499 g/mol. The molecule has 0 saturated carbocycles. The second-order valence-corrected chi connectivity index (χ2v) is 10.2. The van der Waals surface area contributed by atoms with Gasteiger partial charge < -0.3 is 28.9 Å². The molecule has 0 aromatic carbocycles. The smallest absolute Gasteiger partial charge is 0.472 e. The SMILES string of the molecule is COC(COCCCCCCCCCCCC(=O)O)COP(=O)(O)OCC1COC(C)(C)O1. The lowest BCUT2D eigenvalue weighted by atomic mass is 10.1. The maximum Gasteiger partial charge on any atom is 0.472 e. The molecule has 196 valence electrons. The molecule has 3 atom stereocenters. The van der Waals surface area contributed by atoms with Crippen LogP contribution in [0.3, 0.4) is 0 Å². The molecule has 3 unspecified atom stereocenters. The molecule has 0 amide bonds. The van der Waals surface area contributed by atoms with Gasteiger partial charge in [0.05, 0.1) is 26.4 Å². The standard InChI is InChI=1S/C22H43O10P/c1-22(2)29-16-20(32-22)18-31-33(25,26)30-17-19(27-3)15-28-14-12-10-8-6-4-5-7-9-11-13-21(23)24/h19-20H,4-18H2,1-3H3,(H,23,24)(H,25,26). The van der Waals surface area contributed by atoms with Gasteiger partial charge in [-0.3, -0.25) is 13.8 Å². The first-order chi connectivity index (χ1) is 15.6. The van der Waals surface area contributed by atoms with Gasteiger partial charge >= 0.3 is 13.8 Å². The van der Waals surface area contributed by atoms with Crippen molar-refractivity contribution in [3.8, 4) is 0 Å². The molecule has 33 heavy (non-hydrogen) atoms. The van der Waals surface area contributed by atoms with Gasteiger partial charge in [-0.25, -0.2) is 4.57 Å². The fourth-order valence-electron chi connectivity index (χ4n) is 3.35. The maximum absolute atomic E-state index is 12.0. The van der Waals surface area contributed by atoms with Gasteiger partial charge in [0, 0.05) is 20.1 Å². The molecular formula is C22H43O10P. The molecular weight excluding hydrogens is 455 g/mol. The number of carbonyl (C=O) groups is 1. The average Bonchev–Trinajstić information content (AvgIpc) is 3.10. The van der Waals surface area contributed by atoms with E-state index in [9.17, 15) is 14.3 Å². The van der Waals surface area contributed by atoms with E-state index in [4.69, 9.17) is 33.1 Å². The highest BCUT2D eigenvalue weighted by molar-refractivity contribution is 7.47. The molecule has 0 spiro atoms. The first-order valence-corrected chi connectivity index (χ1v) is 13.4. The first-order valence-electron chi connectivity index (χ1n) is 11.9. The van der Waals surface area contributed by atoms with Crippen molar-refractivity contribution in [2.45, 2.75) is 96.1 Å². The van der Waals surface area contributed by atoms with Crippen LogP contribution in [-0.2, 0) is 37.4 Å². The van der Waals surface area contributed by atoms with Crippen molar-refractivity contribution in [2.24, 2.45) is 0 Å². The summed E-state index contributed by atoms with van der Waals surface area (Å²) >= 11 is 0. The fourth-order valence-corrected chi connectivity index (χ4v) is 4.14. The summed E-state index contributed by atoms with van der Waals surface area (Å²) in [6, 6.07) is 0. The fraction of sp³-hybridized carbons (Fsp3) is 0.955. The van der Waals surface area contributed by atoms with Crippen LogP contribution in [0.5, 0.6) is 0 Å². The van der Waals surface area contributed by atoms with E-state index < -0.39 is 31.8 Å². The minimum Gasteiger partial charge on any atom is -0.481 e. The highest BCUT2D eigenvalue weighted by atomic mass is 31.2. The lowest BCUT2D eigenvalue weighted by Gasteiger charge is -2.20. The topological polar surface area (TPSA) is 130 Å². The predicted molar refractivity (Wildman–Crippen MR) is 122 cm³/mol. The van der Waals surface area contributed by atoms with Gasteiger partial charge in [0.25, 0.3) is 0 Å². The van der Waals surface area contributed by atoms with E-state index in [0.717, 1.165) is 44.9 Å². The normalized spacial score (nSPS) is 20.5. The summed E-state index contributed by atoms with van der Waals surface area (Å²) in [6.45, 7) is 4.45. The molecule has 11 heteroatoms. The number of hydrogen-bond acceptors (Lipinski definition) is 8. The molecule has 1 fully saturated rings. The Bertz CT molecular complexity index is 571. The van der Waals surface area contributed by atoms with Crippen molar-refractivity contribution in [1.29, 1.82) is 0 Å². The van der Waals surface area contributed by atoms with Crippen molar-refractivity contribution in [3.63, 3.8) is 0 Å². The van der Waals surface area contributed by atoms with E-state index in [-0.39, 0.29) is 32.8 Å². The second-order valence-electron chi connectivity index (χ2n) is 8.77. The Labute approximate surface area is 197 Å². The number of ether oxygens (including phenoxy) is 4. The monoisotopic (exact) mass is 498 g/mol. The Balaban J connectivity index is 1.98. The van der Waals surface area contributed by atoms with Crippen LogP contribution < -0.4 is 0 Å². The van der Waals surface area contributed by atoms with Crippen LogP contribution in [0.2, 0.25) is 0 Å². The Morgan fingerprint density at radius 3 is 2.18 bits per heavy atom. The Morgan fingerprint density at radius 1 is 1.03 bits per heavy atom. The number of unbranched alkanes of at least 4 members (excludes halogenated alkanes) is 8. The third-order valence-electron chi connectivity index (χ3n) is 5.23. The maximum atomic E-state index is 12.0. The highest BCUT2D eigenvalue weighted by Gasteiger charge is 2.35. The third kappa shape index (κ3) is 16.6. The number of hydrogen-bond donors (Lipinski definition) is 2. The Kier molecular flexibility index (Phi) is 15.6. The summed E-state index contributed by atoms with van der Waals surface area (Å²) in [5, 5.41) is 8.59. The zero-order chi connectivity index (χ0) is 24.6. The van der Waals surface area contributed by atoms with Crippen molar-refractivity contribution < 1.29 is 47.4 Å². The van der Waals surface area contributed by atoms with E-state index in [1.54, 1.807) is 13.8 Å². The van der Waals surface area contributed by atoms with Crippen LogP contribution in [0, 0.1) is 0 Å². The molecule has 1 heterocycles. The highest BCUT2D eigenvalue weighted by Crippen LogP contribution is 2.44. The third-order valence-corrected chi connectivity index (χ3v) is 6.18. The zero-order valence-corrected chi connectivity index (χ0v) is 21.3. The Morgan fingerprint density at radius 2 is 1.64 bits per heavy atom. The summed E-state index contributed by atoms with van der Waals surface area (Å²) in [5.41, 5.74) is 0. The lowest BCUT2D eigenvalue weighted by molar-refractivity contribution is -0.142. The summed E-state index contributed by atoms with van der Waals surface area (Å²) in [7, 11) is -2.73. The van der Waals surface area contributed by atoms with Gasteiger partial charge in [-0.1, -0.05) is 44.9 Å². The summed E-state index contributed by atoms with van der Waals surface area (Å²) in [6.07, 6.45) is 8.92. The number of methoxy groups -OCH3 is 1. The largest absolute Gasteiger partial charge is 0.481 e. The van der Waals surface area contributed by atoms with Gasteiger partial charge in [0.15, 0.2) is 5.79 Å². The van der Waals surface area contributed by atoms with Gasteiger partial charge in [-0.2, -0.15) is 0 Å². The molecule has 0 aromatic heterocycles. The molecule has 1 aliphatic rings. The van der Waals surface area contributed by atoms with Crippen molar-refractivity contribution in [2.75, 3.05) is 40.1 Å².